The van der Waals surface area contributed by atoms with Gasteiger partial charge in [0.15, 0.2) is 0 Å². The minimum absolute atomic E-state index is 0.242. The highest BCUT2D eigenvalue weighted by Gasteiger charge is 1.94. The van der Waals surface area contributed by atoms with Gasteiger partial charge in [-0.25, -0.2) is 0 Å². The van der Waals surface area contributed by atoms with Gasteiger partial charge in [-0.3, -0.25) is 0 Å². The van der Waals surface area contributed by atoms with E-state index in [0.29, 0.717) is 6.61 Å². The first-order valence-corrected chi connectivity index (χ1v) is 10.2. The second-order valence-corrected chi connectivity index (χ2v) is 6.54. The predicted molar refractivity (Wildman–Crippen MR) is 99.0 cm³/mol. The summed E-state index contributed by atoms with van der Waals surface area (Å²) in [4.78, 5) is 0. The van der Waals surface area contributed by atoms with Gasteiger partial charge in [-0.15, -0.1) is 0 Å². The molecule has 0 spiro atoms. The first-order chi connectivity index (χ1) is 11.4. The van der Waals surface area contributed by atoms with Crippen molar-refractivity contribution in [1.29, 1.82) is 0 Å². The summed E-state index contributed by atoms with van der Waals surface area (Å²) in [6.07, 6.45) is 17.9. The zero-order valence-electron chi connectivity index (χ0n) is 15.7. The maximum Gasteiger partial charge on any atom is 0.0487 e. The first-order valence-electron chi connectivity index (χ1n) is 10.2. The van der Waals surface area contributed by atoms with Crippen molar-refractivity contribution in [2.75, 3.05) is 33.0 Å². The van der Waals surface area contributed by atoms with Crippen LogP contribution in [0.25, 0.3) is 0 Å². The molecule has 0 atom stereocenters. The van der Waals surface area contributed by atoms with Crippen LogP contribution < -0.4 is 0 Å². The molecule has 140 valence electrons. The monoisotopic (exact) mass is 330 g/mol. The molecule has 0 rings (SSSR count). The quantitative estimate of drug-likeness (QED) is 0.300. The summed E-state index contributed by atoms with van der Waals surface area (Å²) in [6, 6.07) is 0. The van der Waals surface area contributed by atoms with E-state index in [0.717, 1.165) is 26.2 Å². The molecule has 0 fully saturated rings. The van der Waals surface area contributed by atoms with Crippen molar-refractivity contribution in [3.8, 4) is 0 Å². The Kier molecular flexibility index (Phi) is 21.8. The molecular formula is C20H42O3. The number of aliphatic hydroxyl groups excluding tert-OH is 1. The second kappa shape index (κ2) is 21.9. The van der Waals surface area contributed by atoms with Gasteiger partial charge in [0.05, 0.1) is 0 Å². The molecule has 0 radical (unpaired) electrons. The van der Waals surface area contributed by atoms with Gasteiger partial charge in [0.1, 0.15) is 0 Å². The van der Waals surface area contributed by atoms with Gasteiger partial charge in [0.25, 0.3) is 0 Å². The summed E-state index contributed by atoms with van der Waals surface area (Å²) in [6.45, 7) is 5.96. The van der Waals surface area contributed by atoms with E-state index in [1.807, 2.05) is 0 Å². The van der Waals surface area contributed by atoms with Crippen LogP contribution in [-0.4, -0.2) is 38.1 Å². The highest BCUT2D eigenvalue weighted by molar-refractivity contribution is 4.48. The molecule has 0 saturated carbocycles. The molecule has 3 heteroatoms. The first kappa shape index (κ1) is 22.9. The van der Waals surface area contributed by atoms with E-state index in [-0.39, 0.29) is 6.61 Å². The van der Waals surface area contributed by atoms with Crippen molar-refractivity contribution in [2.24, 2.45) is 0 Å². The van der Waals surface area contributed by atoms with Crippen LogP contribution in [0.4, 0.5) is 0 Å². The van der Waals surface area contributed by atoms with Gasteiger partial charge in [0, 0.05) is 33.0 Å². The van der Waals surface area contributed by atoms with E-state index in [2.05, 4.69) is 6.92 Å². The van der Waals surface area contributed by atoms with Crippen molar-refractivity contribution in [1.82, 2.24) is 0 Å². The molecular weight excluding hydrogens is 288 g/mol. The standard InChI is InChI=1S/C20H42O3/c1-2-3-12-17-22-18-13-10-8-6-4-5-7-9-11-14-19-23-20-15-16-21/h21H,2-20H2,1H3. The lowest BCUT2D eigenvalue weighted by atomic mass is 10.1. The number of aliphatic hydroxyl groups is 1. The fraction of sp³-hybridized carbons (Fsp3) is 1.00. The van der Waals surface area contributed by atoms with Crippen LogP contribution >= 0.6 is 0 Å². The number of ether oxygens (including phenoxy) is 2. The zero-order chi connectivity index (χ0) is 16.8. The Morgan fingerprint density at radius 2 is 0.826 bits per heavy atom. The Hall–Kier alpha value is -0.120. The highest BCUT2D eigenvalue weighted by Crippen LogP contribution is 2.10. The van der Waals surface area contributed by atoms with E-state index in [4.69, 9.17) is 14.6 Å². The minimum Gasteiger partial charge on any atom is -0.396 e. The van der Waals surface area contributed by atoms with Gasteiger partial charge < -0.3 is 14.6 Å². The molecule has 0 unspecified atom stereocenters. The summed E-state index contributed by atoms with van der Waals surface area (Å²) in [5, 5.41) is 8.62. The smallest absolute Gasteiger partial charge is 0.0487 e. The van der Waals surface area contributed by atoms with E-state index in [9.17, 15) is 0 Å². The zero-order valence-corrected chi connectivity index (χ0v) is 15.7. The van der Waals surface area contributed by atoms with Crippen molar-refractivity contribution in [3.63, 3.8) is 0 Å². The number of unbranched alkanes of at least 4 members (excludes halogenated alkanes) is 11. The summed E-state index contributed by atoms with van der Waals surface area (Å²) < 4.78 is 11.0. The van der Waals surface area contributed by atoms with Crippen LogP contribution in [0.1, 0.15) is 96.8 Å². The van der Waals surface area contributed by atoms with Crippen molar-refractivity contribution >= 4 is 0 Å². The largest absolute Gasteiger partial charge is 0.396 e. The van der Waals surface area contributed by atoms with Gasteiger partial charge in [0.2, 0.25) is 0 Å². The Morgan fingerprint density at radius 1 is 0.478 bits per heavy atom. The van der Waals surface area contributed by atoms with Crippen LogP contribution in [0.15, 0.2) is 0 Å². The van der Waals surface area contributed by atoms with Crippen molar-refractivity contribution < 1.29 is 14.6 Å². The molecule has 0 heterocycles. The molecule has 0 aromatic rings. The van der Waals surface area contributed by atoms with Gasteiger partial charge in [-0.1, -0.05) is 71.1 Å². The number of rotatable bonds is 20. The summed E-state index contributed by atoms with van der Waals surface area (Å²) in [5.74, 6) is 0. The molecule has 0 bridgehead atoms. The highest BCUT2D eigenvalue weighted by atomic mass is 16.5. The Morgan fingerprint density at radius 3 is 1.22 bits per heavy atom. The van der Waals surface area contributed by atoms with Crippen LogP contribution in [0.3, 0.4) is 0 Å². The van der Waals surface area contributed by atoms with E-state index in [1.165, 1.54) is 83.5 Å². The van der Waals surface area contributed by atoms with E-state index in [1.54, 1.807) is 0 Å². The van der Waals surface area contributed by atoms with E-state index >= 15 is 0 Å². The maximum atomic E-state index is 8.62. The minimum atomic E-state index is 0.242. The molecule has 0 amide bonds. The van der Waals surface area contributed by atoms with Gasteiger partial charge >= 0.3 is 0 Å². The Labute approximate surface area is 145 Å². The molecule has 0 aromatic carbocycles. The lowest BCUT2D eigenvalue weighted by Gasteiger charge is -2.05. The Bertz CT molecular complexity index is 177. The van der Waals surface area contributed by atoms with Gasteiger partial charge in [-0.05, 0) is 25.7 Å². The van der Waals surface area contributed by atoms with Crippen molar-refractivity contribution in [2.45, 2.75) is 96.8 Å². The third kappa shape index (κ3) is 21.9. The molecule has 0 saturated heterocycles. The molecule has 3 nitrogen and oxygen atoms in total. The Balaban J connectivity index is 2.92. The van der Waals surface area contributed by atoms with Crippen LogP contribution in [0.2, 0.25) is 0 Å². The lowest BCUT2D eigenvalue weighted by molar-refractivity contribution is 0.112. The third-order valence-electron chi connectivity index (χ3n) is 4.17. The van der Waals surface area contributed by atoms with Crippen molar-refractivity contribution in [3.05, 3.63) is 0 Å². The summed E-state index contributed by atoms with van der Waals surface area (Å²) >= 11 is 0. The van der Waals surface area contributed by atoms with Crippen LogP contribution in [0, 0.1) is 0 Å². The topological polar surface area (TPSA) is 38.7 Å². The average Bonchev–Trinajstić information content (AvgIpc) is 2.57. The predicted octanol–water partition coefficient (Wildman–Crippen LogP) is 5.49. The number of hydrogen-bond acceptors (Lipinski definition) is 3. The van der Waals surface area contributed by atoms with E-state index < -0.39 is 0 Å². The SMILES string of the molecule is CCCCCOCCCCCCCCCCCCOCCCO. The normalized spacial score (nSPS) is 11.2. The lowest BCUT2D eigenvalue weighted by Crippen LogP contribution is -1.98. The molecule has 23 heavy (non-hydrogen) atoms. The molecule has 0 aliphatic rings. The molecule has 0 aliphatic carbocycles. The summed E-state index contributed by atoms with van der Waals surface area (Å²) in [7, 11) is 0. The summed E-state index contributed by atoms with van der Waals surface area (Å²) in [5.41, 5.74) is 0. The number of hydrogen-bond donors (Lipinski definition) is 1. The second-order valence-electron chi connectivity index (χ2n) is 6.54. The molecule has 0 aromatic heterocycles. The van der Waals surface area contributed by atoms with Gasteiger partial charge in [-0.2, -0.15) is 0 Å². The maximum absolute atomic E-state index is 8.62. The fourth-order valence-corrected chi connectivity index (χ4v) is 2.65. The van der Waals surface area contributed by atoms with Crippen LogP contribution in [-0.2, 0) is 9.47 Å². The molecule has 1 N–H and O–H groups in total. The molecule has 0 aliphatic heterocycles. The van der Waals surface area contributed by atoms with Crippen LogP contribution in [0.5, 0.6) is 0 Å². The average molecular weight is 331 g/mol. The fourth-order valence-electron chi connectivity index (χ4n) is 2.65. The third-order valence-corrected chi connectivity index (χ3v) is 4.17.